The number of para-hydroxylation sites is 1. The lowest BCUT2D eigenvalue weighted by Crippen LogP contribution is -2.35. The molecule has 5 heteroatoms. The summed E-state index contributed by atoms with van der Waals surface area (Å²) in [4.78, 5) is 28.7. The zero-order chi connectivity index (χ0) is 13.1. The number of nitrogens with one attached hydrogen (secondary N) is 1. The van der Waals surface area contributed by atoms with Gasteiger partial charge in [-0.2, -0.15) is 0 Å². The predicted octanol–water partition coefficient (Wildman–Crippen LogP) is 0.641. The van der Waals surface area contributed by atoms with Crippen LogP contribution in [-0.4, -0.2) is 35.1 Å². The van der Waals surface area contributed by atoms with Crippen LogP contribution in [0.25, 0.3) is 10.9 Å². The highest BCUT2D eigenvalue weighted by molar-refractivity contribution is 5.76. The normalized spacial score (nSPS) is 11.3. The molecule has 0 saturated carbocycles. The zero-order valence-electron chi connectivity index (χ0n) is 10.6. The number of fused-ring (bicyclic) bond motifs is 1. The molecule has 1 heterocycles. The van der Waals surface area contributed by atoms with Gasteiger partial charge in [-0.05, 0) is 39.2 Å². The number of hydrogen-bond acceptors (Lipinski definition) is 3. The minimum Gasteiger partial charge on any atom is -0.309 e. The summed E-state index contributed by atoms with van der Waals surface area (Å²) in [6, 6.07) is 7.07. The second-order valence-electron chi connectivity index (χ2n) is 4.59. The van der Waals surface area contributed by atoms with Gasteiger partial charge in [0, 0.05) is 6.54 Å². The van der Waals surface area contributed by atoms with Gasteiger partial charge in [0.2, 0.25) is 0 Å². The SMILES string of the molecule is CN(C)CCCn1c(=O)[nH]c2ccccc2c1=O. The summed E-state index contributed by atoms with van der Waals surface area (Å²) >= 11 is 0. The first-order chi connectivity index (χ1) is 8.59. The van der Waals surface area contributed by atoms with Crippen LogP contribution >= 0.6 is 0 Å². The van der Waals surface area contributed by atoms with Crippen molar-refractivity contribution in [1.82, 2.24) is 14.5 Å². The average Bonchev–Trinajstić information content (AvgIpc) is 2.33. The van der Waals surface area contributed by atoms with Crippen LogP contribution in [0.3, 0.4) is 0 Å². The minimum atomic E-state index is -0.336. The van der Waals surface area contributed by atoms with E-state index in [9.17, 15) is 9.59 Å². The van der Waals surface area contributed by atoms with Crippen LogP contribution in [-0.2, 0) is 6.54 Å². The molecule has 1 aromatic heterocycles. The van der Waals surface area contributed by atoms with Crippen molar-refractivity contribution in [3.05, 3.63) is 45.1 Å². The Bertz CT molecular complexity index is 655. The van der Waals surface area contributed by atoms with Crippen LogP contribution in [0.5, 0.6) is 0 Å². The molecule has 5 nitrogen and oxygen atoms in total. The Morgan fingerprint density at radius 1 is 1.22 bits per heavy atom. The van der Waals surface area contributed by atoms with Gasteiger partial charge in [0.1, 0.15) is 0 Å². The van der Waals surface area contributed by atoms with Gasteiger partial charge >= 0.3 is 5.69 Å². The summed E-state index contributed by atoms with van der Waals surface area (Å²) in [7, 11) is 3.93. The summed E-state index contributed by atoms with van der Waals surface area (Å²) < 4.78 is 1.27. The maximum absolute atomic E-state index is 12.2. The Labute approximate surface area is 105 Å². The zero-order valence-corrected chi connectivity index (χ0v) is 10.6. The van der Waals surface area contributed by atoms with E-state index in [0.717, 1.165) is 13.0 Å². The highest BCUT2D eigenvalue weighted by atomic mass is 16.2. The number of nitrogens with zero attached hydrogens (tertiary/aromatic N) is 2. The molecular weight excluding hydrogens is 230 g/mol. The number of H-pyrrole nitrogens is 1. The highest BCUT2D eigenvalue weighted by Crippen LogP contribution is 2.02. The molecule has 0 saturated heterocycles. The molecule has 0 unspecified atom stereocenters. The second-order valence-corrected chi connectivity index (χ2v) is 4.59. The van der Waals surface area contributed by atoms with Crippen molar-refractivity contribution in [2.24, 2.45) is 0 Å². The van der Waals surface area contributed by atoms with E-state index in [1.54, 1.807) is 24.3 Å². The van der Waals surface area contributed by atoms with E-state index in [2.05, 4.69) is 4.98 Å². The first kappa shape index (κ1) is 12.6. The summed E-state index contributed by atoms with van der Waals surface area (Å²) in [5.74, 6) is 0. The first-order valence-electron chi connectivity index (χ1n) is 5.96. The third kappa shape index (κ3) is 2.51. The van der Waals surface area contributed by atoms with E-state index >= 15 is 0 Å². The van der Waals surface area contributed by atoms with Crippen LogP contribution < -0.4 is 11.2 Å². The van der Waals surface area contributed by atoms with Gasteiger partial charge in [0.15, 0.2) is 0 Å². The molecule has 18 heavy (non-hydrogen) atoms. The lowest BCUT2D eigenvalue weighted by atomic mass is 10.2. The number of aromatic nitrogens is 2. The van der Waals surface area contributed by atoms with Crippen LogP contribution in [0.15, 0.2) is 33.9 Å². The van der Waals surface area contributed by atoms with Crippen molar-refractivity contribution in [3.63, 3.8) is 0 Å². The summed E-state index contributed by atoms with van der Waals surface area (Å²) in [5.41, 5.74) is 0.0434. The van der Waals surface area contributed by atoms with Gasteiger partial charge < -0.3 is 9.88 Å². The van der Waals surface area contributed by atoms with Crippen LogP contribution in [0, 0.1) is 0 Å². The third-order valence-corrected chi connectivity index (χ3v) is 2.88. The standard InChI is InChI=1S/C13H17N3O2/c1-15(2)8-5-9-16-12(17)10-6-3-4-7-11(10)14-13(16)18/h3-4,6-7H,5,8-9H2,1-2H3,(H,14,18). The summed E-state index contributed by atoms with van der Waals surface area (Å²) in [6.45, 7) is 1.29. The molecule has 1 N–H and O–H groups in total. The quantitative estimate of drug-likeness (QED) is 0.862. The Morgan fingerprint density at radius 3 is 2.67 bits per heavy atom. The lowest BCUT2D eigenvalue weighted by Gasteiger charge is -2.10. The van der Waals surface area contributed by atoms with Crippen molar-refractivity contribution >= 4 is 10.9 Å². The maximum Gasteiger partial charge on any atom is 0.328 e. The summed E-state index contributed by atoms with van der Waals surface area (Å²) in [5, 5.41) is 0.557. The van der Waals surface area contributed by atoms with Crippen molar-refractivity contribution in [3.8, 4) is 0 Å². The van der Waals surface area contributed by atoms with E-state index in [4.69, 9.17) is 0 Å². The Kier molecular flexibility index (Phi) is 3.62. The maximum atomic E-state index is 12.2. The molecule has 96 valence electrons. The fraction of sp³-hybridized carbons (Fsp3) is 0.385. The monoisotopic (exact) mass is 247 g/mol. The highest BCUT2D eigenvalue weighted by Gasteiger charge is 2.06. The molecular formula is C13H17N3O2. The average molecular weight is 247 g/mol. The van der Waals surface area contributed by atoms with Gasteiger partial charge in [0.25, 0.3) is 5.56 Å². The van der Waals surface area contributed by atoms with Gasteiger partial charge in [-0.25, -0.2) is 4.79 Å². The Morgan fingerprint density at radius 2 is 1.94 bits per heavy atom. The first-order valence-corrected chi connectivity index (χ1v) is 5.96. The smallest absolute Gasteiger partial charge is 0.309 e. The van der Waals surface area contributed by atoms with Gasteiger partial charge in [-0.1, -0.05) is 12.1 Å². The molecule has 0 aliphatic rings. The van der Waals surface area contributed by atoms with E-state index in [1.807, 2.05) is 19.0 Å². The van der Waals surface area contributed by atoms with Crippen LogP contribution in [0.2, 0.25) is 0 Å². The molecule has 1 aromatic carbocycles. The van der Waals surface area contributed by atoms with Crippen LogP contribution in [0.4, 0.5) is 0 Å². The van der Waals surface area contributed by atoms with Gasteiger partial charge in [-0.3, -0.25) is 9.36 Å². The van der Waals surface area contributed by atoms with E-state index < -0.39 is 0 Å². The Hall–Kier alpha value is -1.88. The molecule has 0 aliphatic heterocycles. The number of benzene rings is 1. The summed E-state index contributed by atoms with van der Waals surface area (Å²) in [6.07, 6.45) is 0.772. The molecule has 0 aliphatic carbocycles. The number of hydrogen-bond donors (Lipinski definition) is 1. The fourth-order valence-electron chi connectivity index (χ4n) is 1.95. The van der Waals surface area contributed by atoms with Crippen molar-refractivity contribution in [1.29, 1.82) is 0 Å². The van der Waals surface area contributed by atoms with Gasteiger partial charge in [-0.15, -0.1) is 0 Å². The van der Waals surface area contributed by atoms with Crippen molar-refractivity contribution in [2.75, 3.05) is 20.6 Å². The molecule has 0 bridgehead atoms. The topological polar surface area (TPSA) is 58.1 Å². The van der Waals surface area contributed by atoms with Gasteiger partial charge in [0.05, 0.1) is 10.9 Å². The van der Waals surface area contributed by atoms with E-state index in [-0.39, 0.29) is 11.2 Å². The lowest BCUT2D eigenvalue weighted by molar-refractivity contribution is 0.383. The Balaban J connectivity index is 2.39. The number of rotatable bonds is 4. The predicted molar refractivity (Wildman–Crippen MR) is 72.0 cm³/mol. The minimum absolute atomic E-state index is 0.215. The molecule has 0 radical (unpaired) electrons. The largest absolute Gasteiger partial charge is 0.328 e. The molecule has 0 spiro atoms. The molecule has 0 atom stereocenters. The fourth-order valence-corrected chi connectivity index (χ4v) is 1.95. The van der Waals surface area contributed by atoms with E-state index in [1.165, 1.54) is 4.57 Å². The second kappa shape index (κ2) is 5.18. The molecule has 0 fully saturated rings. The van der Waals surface area contributed by atoms with Crippen molar-refractivity contribution < 1.29 is 0 Å². The van der Waals surface area contributed by atoms with E-state index in [0.29, 0.717) is 17.4 Å². The molecule has 0 amide bonds. The molecule has 2 aromatic rings. The van der Waals surface area contributed by atoms with Crippen LogP contribution in [0.1, 0.15) is 6.42 Å². The van der Waals surface area contributed by atoms with Crippen molar-refractivity contribution in [2.45, 2.75) is 13.0 Å². The third-order valence-electron chi connectivity index (χ3n) is 2.88. The molecule has 2 rings (SSSR count). The number of aromatic amines is 1.